The van der Waals surface area contributed by atoms with Gasteiger partial charge >= 0.3 is 0 Å². The number of carbonyl (C=O) groups is 1. The van der Waals surface area contributed by atoms with Crippen molar-refractivity contribution in [2.24, 2.45) is 4.99 Å². The maximum Gasteiger partial charge on any atom is 0.243 e. The number of hydrogen-bond acceptors (Lipinski definition) is 4. The fraction of sp³-hybridized carbons (Fsp3) is 0.458. The van der Waals surface area contributed by atoms with Crippen molar-refractivity contribution in [3.05, 3.63) is 59.8 Å². The Kier molecular flexibility index (Phi) is 7.87. The average Bonchev–Trinajstić information content (AvgIpc) is 2.78. The maximum atomic E-state index is 12.1. The maximum absolute atomic E-state index is 12.1. The molecule has 1 aromatic heterocycles. The van der Waals surface area contributed by atoms with Gasteiger partial charge in [-0.25, -0.2) is 9.98 Å². The van der Waals surface area contributed by atoms with E-state index in [-0.39, 0.29) is 18.5 Å². The van der Waals surface area contributed by atoms with Gasteiger partial charge in [0.1, 0.15) is 12.4 Å². The van der Waals surface area contributed by atoms with Crippen LogP contribution in [0.3, 0.4) is 0 Å². The summed E-state index contributed by atoms with van der Waals surface area (Å²) in [6.07, 6.45) is 1.97. The number of piperidine rings is 1. The Labute approximate surface area is 185 Å². The molecule has 0 saturated carbocycles. The van der Waals surface area contributed by atoms with Gasteiger partial charge in [-0.05, 0) is 44.4 Å². The highest BCUT2D eigenvalue weighted by Crippen LogP contribution is 2.18. The monoisotopic (exact) mass is 422 g/mol. The van der Waals surface area contributed by atoms with E-state index < -0.39 is 0 Å². The minimum Gasteiger partial charge on any atom is -0.356 e. The van der Waals surface area contributed by atoms with Crippen LogP contribution in [0.4, 0.5) is 5.82 Å². The number of benzene rings is 1. The zero-order valence-electron chi connectivity index (χ0n) is 19.0. The van der Waals surface area contributed by atoms with Crippen LogP contribution in [0, 0.1) is 6.92 Å². The quantitative estimate of drug-likeness (QED) is 0.553. The Bertz CT molecular complexity index is 875. The van der Waals surface area contributed by atoms with E-state index in [1.165, 1.54) is 5.56 Å². The fourth-order valence-corrected chi connectivity index (χ4v) is 3.60. The third-order valence-electron chi connectivity index (χ3n) is 5.56. The van der Waals surface area contributed by atoms with Crippen LogP contribution in [0.25, 0.3) is 0 Å². The summed E-state index contributed by atoms with van der Waals surface area (Å²) < 4.78 is 0. The molecule has 1 atom stereocenters. The zero-order chi connectivity index (χ0) is 22.2. The van der Waals surface area contributed by atoms with Gasteiger partial charge in [0.25, 0.3) is 0 Å². The van der Waals surface area contributed by atoms with Gasteiger partial charge in [-0.1, -0.05) is 36.4 Å². The molecule has 3 rings (SSSR count). The predicted molar refractivity (Wildman–Crippen MR) is 126 cm³/mol. The number of amides is 1. The highest BCUT2D eigenvalue weighted by molar-refractivity contribution is 5.85. The van der Waals surface area contributed by atoms with Crippen LogP contribution in [0.2, 0.25) is 0 Å². The number of aryl methyl sites for hydroxylation is 1. The van der Waals surface area contributed by atoms with Gasteiger partial charge in [-0.2, -0.15) is 0 Å². The summed E-state index contributed by atoms with van der Waals surface area (Å²) in [6, 6.07) is 16.8. The third-order valence-corrected chi connectivity index (χ3v) is 5.56. The molecule has 1 aliphatic rings. The van der Waals surface area contributed by atoms with E-state index in [0.29, 0.717) is 12.0 Å². The first-order valence-corrected chi connectivity index (χ1v) is 10.9. The molecule has 166 valence electrons. The SMILES string of the molecule is Cc1cccc(N2CCC(NC(=NCC(=O)N(C)C)NC(C)c3ccccc3)CC2)n1. The summed E-state index contributed by atoms with van der Waals surface area (Å²) in [5, 5.41) is 7.02. The van der Waals surface area contributed by atoms with Crippen molar-refractivity contribution >= 4 is 17.7 Å². The van der Waals surface area contributed by atoms with Crippen molar-refractivity contribution < 1.29 is 4.79 Å². The topological polar surface area (TPSA) is 72.9 Å². The second-order valence-electron chi connectivity index (χ2n) is 8.27. The second-order valence-corrected chi connectivity index (χ2v) is 8.27. The average molecular weight is 423 g/mol. The van der Waals surface area contributed by atoms with Crippen LogP contribution in [0.5, 0.6) is 0 Å². The Morgan fingerprint density at radius 1 is 1.16 bits per heavy atom. The van der Waals surface area contributed by atoms with Gasteiger partial charge in [-0.3, -0.25) is 4.79 Å². The molecule has 2 aromatic rings. The lowest BCUT2D eigenvalue weighted by molar-refractivity contribution is -0.127. The number of nitrogens with zero attached hydrogens (tertiary/aromatic N) is 4. The Balaban J connectivity index is 1.62. The predicted octanol–water partition coefficient (Wildman–Crippen LogP) is 2.74. The van der Waals surface area contributed by atoms with Crippen molar-refractivity contribution in [2.45, 2.75) is 38.8 Å². The molecule has 31 heavy (non-hydrogen) atoms. The van der Waals surface area contributed by atoms with Crippen LogP contribution >= 0.6 is 0 Å². The molecule has 0 aliphatic carbocycles. The minimum atomic E-state index is -0.0196. The summed E-state index contributed by atoms with van der Waals surface area (Å²) in [5.74, 6) is 1.70. The minimum absolute atomic E-state index is 0.0196. The molecule has 0 bridgehead atoms. The lowest BCUT2D eigenvalue weighted by atomic mass is 10.0. The Hall–Kier alpha value is -3.09. The standard InChI is InChI=1S/C24H34N6O/c1-18-9-8-12-22(26-18)30-15-13-21(14-16-30)28-24(25-17-23(31)29(3)4)27-19(2)20-10-6-5-7-11-20/h5-12,19,21H,13-17H2,1-4H3,(H2,25,27,28). The van der Waals surface area contributed by atoms with E-state index in [9.17, 15) is 4.79 Å². The van der Waals surface area contributed by atoms with Crippen molar-refractivity contribution in [3.8, 4) is 0 Å². The molecule has 7 heteroatoms. The molecule has 1 fully saturated rings. The highest BCUT2D eigenvalue weighted by atomic mass is 16.2. The first-order valence-electron chi connectivity index (χ1n) is 10.9. The molecule has 0 radical (unpaired) electrons. The van der Waals surface area contributed by atoms with Crippen LogP contribution in [-0.2, 0) is 4.79 Å². The number of guanidine groups is 1. The number of hydrogen-bond donors (Lipinski definition) is 2. The number of aliphatic imine (C=N–C) groups is 1. The number of rotatable bonds is 6. The molecule has 7 nitrogen and oxygen atoms in total. The third kappa shape index (κ3) is 6.70. The van der Waals surface area contributed by atoms with E-state index >= 15 is 0 Å². The van der Waals surface area contributed by atoms with Crippen LogP contribution in [0.15, 0.2) is 53.5 Å². The van der Waals surface area contributed by atoms with Gasteiger partial charge in [0, 0.05) is 38.9 Å². The highest BCUT2D eigenvalue weighted by Gasteiger charge is 2.22. The zero-order valence-corrected chi connectivity index (χ0v) is 19.0. The Morgan fingerprint density at radius 3 is 2.52 bits per heavy atom. The van der Waals surface area contributed by atoms with E-state index in [1.54, 1.807) is 19.0 Å². The number of anilines is 1. The number of likely N-dealkylation sites (N-methyl/N-ethyl adjacent to an activating group) is 1. The van der Waals surface area contributed by atoms with E-state index in [1.807, 2.05) is 31.2 Å². The summed E-state index contributed by atoms with van der Waals surface area (Å²) >= 11 is 0. The number of aromatic nitrogens is 1. The largest absolute Gasteiger partial charge is 0.356 e. The molecule has 1 unspecified atom stereocenters. The molecule has 1 amide bonds. The molecule has 2 N–H and O–H groups in total. The second kappa shape index (κ2) is 10.8. The first-order chi connectivity index (χ1) is 14.9. The van der Waals surface area contributed by atoms with Crippen molar-refractivity contribution in [3.63, 3.8) is 0 Å². The molecular weight excluding hydrogens is 388 g/mol. The van der Waals surface area contributed by atoms with Crippen LogP contribution in [-0.4, -0.2) is 61.5 Å². The summed E-state index contributed by atoms with van der Waals surface area (Å²) in [7, 11) is 3.50. The van der Waals surface area contributed by atoms with Gasteiger partial charge in [-0.15, -0.1) is 0 Å². The number of nitrogens with one attached hydrogen (secondary N) is 2. The molecular formula is C24H34N6O. The molecule has 0 spiro atoms. The summed E-state index contributed by atoms with van der Waals surface area (Å²) in [4.78, 5) is 25.2. The first kappa shape index (κ1) is 22.6. The molecule has 1 aliphatic heterocycles. The van der Waals surface area contributed by atoms with E-state index in [0.717, 1.165) is 37.4 Å². The van der Waals surface area contributed by atoms with Crippen molar-refractivity contribution in [2.75, 3.05) is 38.6 Å². The molecule has 1 aromatic carbocycles. The summed E-state index contributed by atoms with van der Waals surface area (Å²) in [6.45, 7) is 6.12. The lowest BCUT2D eigenvalue weighted by Crippen LogP contribution is -2.49. The van der Waals surface area contributed by atoms with Crippen LogP contribution < -0.4 is 15.5 Å². The normalized spacial score (nSPS) is 16.0. The smallest absolute Gasteiger partial charge is 0.243 e. The number of carbonyl (C=O) groups excluding carboxylic acids is 1. The molecule has 1 saturated heterocycles. The summed E-state index contributed by atoms with van der Waals surface area (Å²) in [5.41, 5.74) is 2.22. The number of pyridine rings is 1. The van der Waals surface area contributed by atoms with Crippen LogP contribution in [0.1, 0.15) is 37.1 Å². The van der Waals surface area contributed by atoms with Crippen molar-refractivity contribution in [1.82, 2.24) is 20.5 Å². The van der Waals surface area contributed by atoms with Gasteiger partial charge in [0.05, 0.1) is 6.04 Å². The molecule has 2 heterocycles. The van der Waals surface area contributed by atoms with E-state index in [2.05, 4.69) is 56.7 Å². The van der Waals surface area contributed by atoms with Gasteiger partial charge < -0.3 is 20.4 Å². The van der Waals surface area contributed by atoms with Gasteiger partial charge in [0.15, 0.2) is 5.96 Å². The Morgan fingerprint density at radius 2 is 1.87 bits per heavy atom. The van der Waals surface area contributed by atoms with Gasteiger partial charge in [0.2, 0.25) is 5.91 Å². The van der Waals surface area contributed by atoms with E-state index in [4.69, 9.17) is 0 Å². The fourth-order valence-electron chi connectivity index (χ4n) is 3.60. The lowest BCUT2D eigenvalue weighted by Gasteiger charge is -2.34. The van der Waals surface area contributed by atoms with Crippen molar-refractivity contribution in [1.29, 1.82) is 0 Å².